The van der Waals surface area contributed by atoms with Crippen molar-refractivity contribution in [2.75, 3.05) is 13.2 Å². The zero-order valence-electron chi connectivity index (χ0n) is 15.7. The van der Waals surface area contributed by atoms with Crippen molar-refractivity contribution in [1.29, 1.82) is 0 Å². The number of fused-ring (bicyclic) bond motifs is 2. The van der Waals surface area contributed by atoms with Gasteiger partial charge >= 0.3 is 6.09 Å². The number of amides is 1. The minimum Gasteiger partial charge on any atom is -0.444 e. The smallest absolute Gasteiger partial charge is 0.410 e. The molecule has 1 aromatic rings. The molecule has 0 spiro atoms. The van der Waals surface area contributed by atoms with Crippen molar-refractivity contribution in [2.24, 2.45) is 0 Å². The van der Waals surface area contributed by atoms with Crippen molar-refractivity contribution in [2.45, 2.75) is 76.8 Å². The van der Waals surface area contributed by atoms with Gasteiger partial charge in [-0.25, -0.2) is 4.79 Å². The molecule has 2 fully saturated rings. The Morgan fingerprint density at radius 1 is 1.36 bits per heavy atom. The third-order valence-corrected chi connectivity index (χ3v) is 4.83. The van der Waals surface area contributed by atoms with Crippen molar-refractivity contribution in [3.8, 4) is 0 Å². The Kier molecular flexibility index (Phi) is 4.58. The molecule has 140 valence electrons. The van der Waals surface area contributed by atoms with E-state index >= 15 is 0 Å². The summed E-state index contributed by atoms with van der Waals surface area (Å²) >= 11 is 0. The van der Waals surface area contributed by atoms with Gasteiger partial charge in [0, 0.05) is 30.6 Å². The molecule has 2 bridgehead atoms. The first-order chi connectivity index (χ1) is 11.6. The topological polar surface area (TPSA) is 76.8 Å². The van der Waals surface area contributed by atoms with Crippen LogP contribution in [-0.4, -0.2) is 56.8 Å². The second kappa shape index (κ2) is 6.29. The molecule has 3 heterocycles. The van der Waals surface area contributed by atoms with Gasteiger partial charge in [0.05, 0.1) is 37.1 Å². The van der Waals surface area contributed by atoms with Gasteiger partial charge in [-0.1, -0.05) is 0 Å². The maximum absolute atomic E-state index is 12.6. The molecule has 0 aromatic carbocycles. The molecular weight excluding hydrogens is 322 g/mol. The fraction of sp³-hybridized carbons (Fsp3) is 0.778. The molecule has 7 heteroatoms. The van der Waals surface area contributed by atoms with Crippen LogP contribution in [0.1, 0.15) is 59.1 Å². The highest BCUT2D eigenvalue weighted by Gasteiger charge is 2.50. The van der Waals surface area contributed by atoms with E-state index in [9.17, 15) is 9.90 Å². The van der Waals surface area contributed by atoms with Crippen LogP contribution in [0.3, 0.4) is 0 Å². The number of rotatable bonds is 2. The van der Waals surface area contributed by atoms with E-state index in [2.05, 4.69) is 18.9 Å². The zero-order chi connectivity index (χ0) is 18.4. The average molecular weight is 351 g/mol. The SMILES string of the molecule is CC(C)n1cc(C2(O)CC3COCC(C2)N3C(=O)OC(C)(C)C)cn1. The van der Waals surface area contributed by atoms with Crippen molar-refractivity contribution in [3.63, 3.8) is 0 Å². The van der Waals surface area contributed by atoms with Gasteiger partial charge in [0.1, 0.15) is 5.60 Å². The monoisotopic (exact) mass is 351 g/mol. The molecule has 0 aliphatic carbocycles. The molecule has 2 saturated heterocycles. The van der Waals surface area contributed by atoms with Gasteiger partial charge in [0.15, 0.2) is 0 Å². The Labute approximate surface area is 148 Å². The highest BCUT2D eigenvalue weighted by molar-refractivity contribution is 5.69. The number of ether oxygens (including phenoxy) is 2. The largest absolute Gasteiger partial charge is 0.444 e. The molecule has 0 radical (unpaired) electrons. The van der Waals surface area contributed by atoms with Crippen LogP contribution >= 0.6 is 0 Å². The first-order valence-electron chi connectivity index (χ1n) is 8.95. The highest BCUT2D eigenvalue weighted by Crippen LogP contribution is 2.41. The standard InChI is InChI=1S/C18H29N3O4/c1-12(2)20-9-13(8-19-20)18(23)6-14-10-24-11-15(7-18)21(14)16(22)25-17(3,4)5/h8-9,12,14-15,23H,6-7,10-11H2,1-5H3. The number of hydrogen-bond donors (Lipinski definition) is 1. The van der Waals surface area contributed by atoms with Crippen LogP contribution in [0, 0.1) is 0 Å². The van der Waals surface area contributed by atoms with Gasteiger partial charge in [0.25, 0.3) is 0 Å². The quantitative estimate of drug-likeness (QED) is 0.886. The van der Waals surface area contributed by atoms with Crippen LogP contribution in [0.15, 0.2) is 12.4 Å². The lowest BCUT2D eigenvalue weighted by Gasteiger charge is -2.51. The van der Waals surface area contributed by atoms with Gasteiger partial charge < -0.3 is 14.6 Å². The van der Waals surface area contributed by atoms with Crippen LogP contribution in [0.2, 0.25) is 0 Å². The summed E-state index contributed by atoms with van der Waals surface area (Å²) in [5.41, 5.74) is -0.731. The first-order valence-corrected chi connectivity index (χ1v) is 8.95. The van der Waals surface area contributed by atoms with E-state index in [0.29, 0.717) is 26.1 Å². The highest BCUT2D eigenvalue weighted by atomic mass is 16.6. The summed E-state index contributed by atoms with van der Waals surface area (Å²) < 4.78 is 13.0. The van der Waals surface area contributed by atoms with Crippen LogP contribution in [0.5, 0.6) is 0 Å². The predicted molar refractivity (Wildman–Crippen MR) is 92.2 cm³/mol. The summed E-state index contributed by atoms with van der Waals surface area (Å²) in [7, 11) is 0. The number of hydrogen-bond acceptors (Lipinski definition) is 5. The number of piperidine rings is 1. The Balaban J connectivity index is 1.81. The third kappa shape index (κ3) is 3.67. The lowest BCUT2D eigenvalue weighted by Crippen LogP contribution is -2.63. The third-order valence-electron chi connectivity index (χ3n) is 4.83. The summed E-state index contributed by atoms with van der Waals surface area (Å²) in [5, 5.41) is 15.6. The van der Waals surface area contributed by atoms with Crippen LogP contribution in [0.25, 0.3) is 0 Å². The predicted octanol–water partition coefficient (Wildman–Crippen LogP) is 2.45. The summed E-state index contributed by atoms with van der Waals surface area (Å²) in [5.74, 6) is 0. The van der Waals surface area contributed by atoms with Gasteiger partial charge in [-0.15, -0.1) is 0 Å². The second-order valence-electron chi connectivity index (χ2n) is 8.48. The van der Waals surface area contributed by atoms with Crippen LogP contribution in [-0.2, 0) is 15.1 Å². The fourth-order valence-corrected chi connectivity index (χ4v) is 3.69. The summed E-state index contributed by atoms with van der Waals surface area (Å²) in [6.45, 7) is 10.5. The van der Waals surface area contributed by atoms with E-state index in [1.807, 2.05) is 31.6 Å². The zero-order valence-corrected chi connectivity index (χ0v) is 15.7. The van der Waals surface area contributed by atoms with Crippen molar-refractivity contribution in [3.05, 3.63) is 18.0 Å². The van der Waals surface area contributed by atoms with Crippen molar-refractivity contribution in [1.82, 2.24) is 14.7 Å². The molecule has 7 nitrogen and oxygen atoms in total. The molecule has 2 atom stereocenters. The molecule has 25 heavy (non-hydrogen) atoms. The fourth-order valence-electron chi connectivity index (χ4n) is 3.69. The van der Waals surface area contributed by atoms with Crippen LogP contribution in [0.4, 0.5) is 4.79 Å². The molecule has 3 rings (SSSR count). The number of carbonyl (C=O) groups is 1. The van der Waals surface area contributed by atoms with E-state index in [1.54, 1.807) is 11.1 Å². The van der Waals surface area contributed by atoms with Crippen molar-refractivity contribution < 1.29 is 19.4 Å². The lowest BCUT2D eigenvalue weighted by atomic mass is 9.78. The van der Waals surface area contributed by atoms with Crippen molar-refractivity contribution >= 4 is 6.09 Å². The van der Waals surface area contributed by atoms with Gasteiger partial charge in [0.2, 0.25) is 0 Å². The maximum atomic E-state index is 12.6. The van der Waals surface area contributed by atoms with E-state index in [0.717, 1.165) is 5.56 Å². The van der Waals surface area contributed by atoms with E-state index in [-0.39, 0.29) is 24.2 Å². The van der Waals surface area contributed by atoms with E-state index in [4.69, 9.17) is 9.47 Å². The van der Waals surface area contributed by atoms with Gasteiger partial charge in [-0.2, -0.15) is 5.10 Å². The molecule has 2 unspecified atom stereocenters. The molecule has 2 aliphatic heterocycles. The number of morpholine rings is 1. The Morgan fingerprint density at radius 2 is 1.96 bits per heavy atom. The summed E-state index contributed by atoms with van der Waals surface area (Å²) in [6, 6.07) is -0.161. The molecule has 2 aliphatic rings. The molecule has 1 amide bonds. The van der Waals surface area contributed by atoms with E-state index in [1.165, 1.54) is 0 Å². The van der Waals surface area contributed by atoms with Crippen LogP contribution < -0.4 is 0 Å². The Bertz CT molecular complexity index is 621. The average Bonchev–Trinajstić information content (AvgIpc) is 2.95. The van der Waals surface area contributed by atoms with Gasteiger partial charge in [-0.05, 0) is 34.6 Å². The normalized spacial score (nSPS) is 29.8. The molecule has 1 aromatic heterocycles. The summed E-state index contributed by atoms with van der Waals surface area (Å²) in [4.78, 5) is 14.4. The number of nitrogens with zero attached hydrogens (tertiary/aromatic N) is 3. The second-order valence-corrected chi connectivity index (χ2v) is 8.48. The number of aromatic nitrogens is 2. The first kappa shape index (κ1) is 18.2. The molecular formula is C18H29N3O4. The lowest BCUT2D eigenvalue weighted by molar-refractivity contribution is -0.141. The Morgan fingerprint density at radius 3 is 2.44 bits per heavy atom. The maximum Gasteiger partial charge on any atom is 0.410 e. The van der Waals surface area contributed by atoms with E-state index < -0.39 is 11.2 Å². The minimum absolute atomic E-state index is 0.199. The Hall–Kier alpha value is -1.60. The summed E-state index contributed by atoms with van der Waals surface area (Å²) in [6.07, 6.45) is 4.16. The number of aliphatic hydroxyl groups is 1. The molecule has 0 saturated carbocycles. The van der Waals surface area contributed by atoms with Gasteiger partial charge in [-0.3, -0.25) is 9.58 Å². The molecule has 1 N–H and O–H groups in total. The minimum atomic E-state index is -0.995. The number of carbonyl (C=O) groups excluding carboxylic acids is 1.